The second-order valence-corrected chi connectivity index (χ2v) is 4.17. The van der Waals surface area contributed by atoms with E-state index in [4.69, 9.17) is 9.84 Å². The first kappa shape index (κ1) is 13.9. The average molecular weight is 278 g/mol. The molecule has 0 fully saturated rings. The highest BCUT2D eigenvalue weighted by Gasteiger charge is 2.11. The summed E-state index contributed by atoms with van der Waals surface area (Å²) in [5, 5.41) is 8.90. The summed E-state index contributed by atoms with van der Waals surface area (Å²) in [6.07, 6.45) is 0.0847. The van der Waals surface area contributed by atoms with Crippen LogP contribution in [0.2, 0.25) is 0 Å². The van der Waals surface area contributed by atoms with Crippen LogP contribution in [0.15, 0.2) is 23.0 Å². The number of carbonyl (C=O) groups excluding carboxylic acids is 1. The van der Waals surface area contributed by atoms with Crippen molar-refractivity contribution in [3.63, 3.8) is 0 Å². The van der Waals surface area contributed by atoms with Gasteiger partial charge in [-0.15, -0.1) is 0 Å². The second-order valence-electron chi connectivity index (χ2n) is 4.17. The van der Waals surface area contributed by atoms with Crippen molar-refractivity contribution in [1.82, 2.24) is 9.55 Å². The van der Waals surface area contributed by atoms with Crippen LogP contribution in [-0.2, 0) is 16.1 Å². The van der Waals surface area contributed by atoms with E-state index in [1.54, 1.807) is 13.0 Å². The Hall–Kier alpha value is -2.57. The Morgan fingerprint density at radius 3 is 2.80 bits per heavy atom. The SMILES string of the molecule is CCOC(=O)CCn1c(=O)[nH]c2cc(C(=O)O)ccc21. The summed E-state index contributed by atoms with van der Waals surface area (Å²) in [4.78, 5) is 36.5. The number of nitrogens with zero attached hydrogens (tertiary/aromatic N) is 1. The van der Waals surface area contributed by atoms with E-state index in [-0.39, 0.29) is 30.2 Å². The summed E-state index contributed by atoms with van der Waals surface area (Å²) in [7, 11) is 0. The summed E-state index contributed by atoms with van der Waals surface area (Å²) in [5.41, 5.74) is 0.700. The lowest BCUT2D eigenvalue weighted by Crippen LogP contribution is -2.19. The summed E-state index contributed by atoms with van der Waals surface area (Å²) >= 11 is 0. The van der Waals surface area contributed by atoms with Gasteiger partial charge in [-0.05, 0) is 25.1 Å². The zero-order chi connectivity index (χ0) is 14.7. The second kappa shape index (κ2) is 5.60. The number of aromatic carboxylic acids is 1. The number of benzene rings is 1. The van der Waals surface area contributed by atoms with E-state index in [2.05, 4.69) is 4.98 Å². The van der Waals surface area contributed by atoms with E-state index in [0.717, 1.165) is 0 Å². The van der Waals surface area contributed by atoms with Crippen LogP contribution in [0.25, 0.3) is 11.0 Å². The van der Waals surface area contributed by atoms with Gasteiger partial charge in [0.05, 0.1) is 29.6 Å². The van der Waals surface area contributed by atoms with Crippen LogP contribution < -0.4 is 5.69 Å². The number of carbonyl (C=O) groups is 2. The highest BCUT2D eigenvalue weighted by atomic mass is 16.5. The molecule has 0 radical (unpaired) electrons. The monoisotopic (exact) mass is 278 g/mol. The molecular weight excluding hydrogens is 264 g/mol. The molecule has 0 saturated heterocycles. The Bertz CT molecular complexity index is 713. The van der Waals surface area contributed by atoms with Gasteiger partial charge in [-0.25, -0.2) is 9.59 Å². The number of aryl methyl sites for hydroxylation is 1. The van der Waals surface area contributed by atoms with Gasteiger partial charge in [0.15, 0.2) is 0 Å². The van der Waals surface area contributed by atoms with Crippen LogP contribution in [0.1, 0.15) is 23.7 Å². The zero-order valence-electron chi connectivity index (χ0n) is 10.9. The molecule has 1 heterocycles. The fraction of sp³-hybridized carbons (Fsp3) is 0.308. The number of aromatic nitrogens is 2. The third-order valence-electron chi connectivity index (χ3n) is 2.87. The number of H-pyrrole nitrogens is 1. The first-order chi connectivity index (χ1) is 9.52. The number of imidazole rings is 1. The van der Waals surface area contributed by atoms with Crippen molar-refractivity contribution in [2.45, 2.75) is 19.9 Å². The highest BCUT2D eigenvalue weighted by molar-refractivity contribution is 5.92. The quantitative estimate of drug-likeness (QED) is 0.794. The smallest absolute Gasteiger partial charge is 0.335 e. The van der Waals surface area contributed by atoms with E-state index in [0.29, 0.717) is 17.6 Å². The fourth-order valence-corrected chi connectivity index (χ4v) is 1.95. The van der Waals surface area contributed by atoms with Crippen molar-refractivity contribution in [2.75, 3.05) is 6.61 Å². The Morgan fingerprint density at radius 1 is 1.40 bits per heavy atom. The molecule has 0 saturated carbocycles. The molecule has 20 heavy (non-hydrogen) atoms. The van der Waals surface area contributed by atoms with Gasteiger partial charge in [-0.2, -0.15) is 0 Å². The Balaban J connectivity index is 2.30. The molecule has 2 rings (SSSR count). The maximum absolute atomic E-state index is 11.8. The lowest BCUT2D eigenvalue weighted by molar-refractivity contribution is -0.143. The summed E-state index contributed by atoms with van der Waals surface area (Å²) in [6, 6.07) is 4.35. The summed E-state index contributed by atoms with van der Waals surface area (Å²) < 4.78 is 6.19. The van der Waals surface area contributed by atoms with Gasteiger partial charge in [-0.3, -0.25) is 9.36 Å². The molecule has 7 nitrogen and oxygen atoms in total. The highest BCUT2D eigenvalue weighted by Crippen LogP contribution is 2.13. The molecule has 1 aromatic heterocycles. The number of fused-ring (bicyclic) bond motifs is 1. The molecule has 0 spiro atoms. The van der Waals surface area contributed by atoms with E-state index in [1.165, 1.54) is 16.7 Å². The predicted molar refractivity (Wildman–Crippen MR) is 70.8 cm³/mol. The Labute approximate surface area is 113 Å². The number of carboxylic acids is 1. The molecule has 0 aliphatic heterocycles. The van der Waals surface area contributed by atoms with E-state index in [1.807, 2.05) is 0 Å². The van der Waals surface area contributed by atoms with Crippen LogP contribution >= 0.6 is 0 Å². The predicted octanol–water partition coefficient (Wildman–Crippen LogP) is 0.981. The molecule has 106 valence electrons. The molecule has 1 aromatic carbocycles. The fourth-order valence-electron chi connectivity index (χ4n) is 1.95. The maximum atomic E-state index is 11.8. The van der Waals surface area contributed by atoms with Crippen molar-refractivity contribution >= 4 is 23.0 Å². The van der Waals surface area contributed by atoms with Crippen LogP contribution in [0.4, 0.5) is 0 Å². The van der Waals surface area contributed by atoms with Gasteiger partial charge in [0.2, 0.25) is 0 Å². The van der Waals surface area contributed by atoms with Crippen LogP contribution in [0.3, 0.4) is 0 Å². The van der Waals surface area contributed by atoms with Crippen molar-refractivity contribution < 1.29 is 19.4 Å². The minimum atomic E-state index is -1.06. The lowest BCUT2D eigenvalue weighted by Gasteiger charge is -2.03. The zero-order valence-corrected chi connectivity index (χ0v) is 10.9. The average Bonchev–Trinajstić information content (AvgIpc) is 2.71. The molecular formula is C13H14N2O5. The molecule has 0 bridgehead atoms. The summed E-state index contributed by atoms with van der Waals surface area (Å²) in [6.45, 7) is 2.19. The van der Waals surface area contributed by atoms with Crippen LogP contribution in [0.5, 0.6) is 0 Å². The van der Waals surface area contributed by atoms with E-state index < -0.39 is 5.97 Å². The Morgan fingerprint density at radius 2 is 2.15 bits per heavy atom. The molecule has 2 aromatic rings. The van der Waals surface area contributed by atoms with Gasteiger partial charge in [-0.1, -0.05) is 0 Å². The number of hydrogen-bond acceptors (Lipinski definition) is 4. The Kier molecular flexibility index (Phi) is 3.88. The number of nitrogens with one attached hydrogen (secondary N) is 1. The maximum Gasteiger partial charge on any atom is 0.335 e. The van der Waals surface area contributed by atoms with Crippen LogP contribution in [0, 0.1) is 0 Å². The van der Waals surface area contributed by atoms with E-state index >= 15 is 0 Å². The van der Waals surface area contributed by atoms with Crippen molar-refractivity contribution in [1.29, 1.82) is 0 Å². The molecule has 2 N–H and O–H groups in total. The standard InChI is InChI=1S/C13H14N2O5/c1-2-20-11(16)5-6-15-10-4-3-8(12(17)18)7-9(10)14-13(15)19/h3-4,7H,2,5-6H2,1H3,(H,14,19)(H,17,18). The minimum absolute atomic E-state index is 0.0847. The third-order valence-corrected chi connectivity index (χ3v) is 2.87. The van der Waals surface area contributed by atoms with Crippen molar-refractivity contribution in [2.24, 2.45) is 0 Å². The number of rotatable bonds is 5. The van der Waals surface area contributed by atoms with Crippen molar-refractivity contribution in [3.05, 3.63) is 34.2 Å². The van der Waals surface area contributed by atoms with Gasteiger partial charge >= 0.3 is 17.6 Å². The topological polar surface area (TPSA) is 101 Å². The first-order valence-electron chi connectivity index (χ1n) is 6.14. The molecule has 0 unspecified atom stereocenters. The number of hydrogen-bond donors (Lipinski definition) is 2. The lowest BCUT2D eigenvalue weighted by atomic mass is 10.2. The normalized spacial score (nSPS) is 10.7. The van der Waals surface area contributed by atoms with Crippen LogP contribution in [-0.4, -0.2) is 33.2 Å². The molecule has 0 aliphatic carbocycles. The number of aromatic amines is 1. The number of esters is 1. The number of carboxylic acid groups (broad SMARTS) is 1. The van der Waals surface area contributed by atoms with Gasteiger partial charge in [0, 0.05) is 6.54 Å². The molecule has 7 heteroatoms. The molecule has 0 atom stereocenters. The number of ether oxygens (including phenoxy) is 1. The first-order valence-corrected chi connectivity index (χ1v) is 6.14. The molecule has 0 amide bonds. The minimum Gasteiger partial charge on any atom is -0.478 e. The molecule has 0 aliphatic rings. The van der Waals surface area contributed by atoms with Crippen molar-refractivity contribution in [3.8, 4) is 0 Å². The van der Waals surface area contributed by atoms with Gasteiger partial charge in [0.1, 0.15) is 0 Å². The van der Waals surface area contributed by atoms with Gasteiger partial charge in [0.25, 0.3) is 0 Å². The van der Waals surface area contributed by atoms with E-state index in [9.17, 15) is 14.4 Å². The largest absolute Gasteiger partial charge is 0.478 e. The van der Waals surface area contributed by atoms with Gasteiger partial charge < -0.3 is 14.8 Å². The summed E-state index contributed by atoms with van der Waals surface area (Å²) in [5.74, 6) is -1.44. The third kappa shape index (κ3) is 2.71.